The van der Waals surface area contributed by atoms with E-state index in [0.29, 0.717) is 0 Å². The summed E-state index contributed by atoms with van der Waals surface area (Å²) >= 11 is 0. The van der Waals surface area contributed by atoms with Gasteiger partial charge in [-0.05, 0) is 26.0 Å². The molecule has 0 heterocycles. The predicted molar refractivity (Wildman–Crippen MR) is 74.2 cm³/mol. The van der Waals surface area contributed by atoms with E-state index in [2.05, 4.69) is 10.0 Å². The number of nitrogens with one attached hydrogen (secondary N) is 2. The van der Waals surface area contributed by atoms with Crippen molar-refractivity contribution in [3.63, 3.8) is 0 Å². The monoisotopic (exact) mass is 302 g/mol. The maximum atomic E-state index is 11.9. The summed E-state index contributed by atoms with van der Waals surface area (Å²) in [5, 5.41) is 21.1. The molecule has 1 aromatic rings. The van der Waals surface area contributed by atoms with Gasteiger partial charge in [-0.3, -0.25) is 4.79 Å². The van der Waals surface area contributed by atoms with Crippen LogP contribution < -0.4 is 10.0 Å². The maximum absolute atomic E-state index is 11.9. The zero-order valence-corrected chi connectivity index (χ0v) is 12.3. The zero-order valence-electron chi connectivity index (χ0n) is 11.5. The molecule has 1 aromatic carbocycles. The molecule has 0 aliphatic rings. The molecule has 20 heavy (non-hydrogen) atoms. The van der Waals surface area contributed by atoms with E-state index in [-0.39, 0.29) is 23.6 Å². The van der Waals surface area contributed by atoms with E-state index in [0.717, 1.165) is 12.3 Å². The normalized spacial score (nSPS) is 12.2. The molecule has 8 heteroatoms. The fourth-order valence-corrected chi connectivity index (χ4v) is 2.74. The standard InChI is InChI=1S/C12H18N2O5S/c1-12(2,14-20(3,18)19)7-13-11(17)8-4-9(15)6-10(16)5-8/h4-6,14-16H,7H2,1-3H3,(H,13,17). The lowest BCUT2D eigenvalue weighted by molar-refractivity contribution is 0.0943. The van der Waals surface area contributed by atoms with Crippen molar-refractivity contribution in [1.29, 1.82) is 0 Å². The van der Waals surface area contributed by atoms with Gasteiger partial charge in [0.05, 0.1) is 6.26 Å². The van der Waals surface area contributed by atoms with Gasteiger partial charge >= 0.3 is 0 Å². The van der Waals surface area contributed by atoms with Crippen LogP contribution in [0.5, 0.6) is 11.5 Å². The van der Waals surface area contributed by atoms with Gasteiger partial charge in [0, 0.05) is 23.7 Å². The first kappa shape index (κ1) is 16.3. The van der Waals surface area contributed by atoms with E-state index in [9.17, 15) is 23.4 Å². The summed E-state index contributed by atoms with van der Waals surface area (Å²) in [7, 11) is -3.39. The molecule has 0 radical (unpaired) electrons. The Morgan fingerprint density at radius 1 is 1.20 bits per heavy atom. The van der Waals surface area contributed by atoms with Crippen LogP contribution in [0.4, 0.5) is 0 Å². The second-order valence-electron chi connectivity index (χ2n) is 5.18. The summed E-state index contributed by atoms with van der Waals surface area (Å²) in [4.78, 5) is 11.9. The van der Waals surface area contributed by atoms with Gasteiger partial charge in [-0.25, -0.2) is 13.1 Å². The van der Waals surface area contributed by atoms with Crippen LogP contribution in [0.1, 0.15) is 24.2 Å². The van der Waals surface area contributed by atoms with Crippen LogP contribution in [-0.4, -0.2) is 42.9 Å². The van der Waals surface area contributed by atoms with Crippen LogP contribution in [0, 0.1) is 0 Å². The largest absolute Gasteiger partial charge is 0.508 e. The second kappa shape index (κ2) is 5.68. The minimum Gasteiger partial charge on any atom is -0.508 e. The summed E-state index contributed by atoms with van der Waals surface area (Å²) in [6.45, 7) is 3.29. The first-order valence-corrected chi connectivity index (χ1v) is 7.68. The van der Waals surface area contributed by atoms with Crippen LogP contribution in [0.15, 0.2) is 18.2 Å². The van der Waals surface area contributed by atoms with Crippen molar-refractivity contribution in [2.24, 2.45) is 0 Å². The van der Waals surface area contributed by atoms with Gasteiger partial charge < -0.3 is 15.5 Å². The molecule has 4 N–H and O–H groups in total. The number of carbonyl (C=O) groups is 1. The number of hydrogen-bond acceptors (Lipinski definition) is 5. The molecule has 0 aliphatic heterocycles. The number of sulfonamides is 1. The number of amides is 1. The molecular weight excluding hydrogens is 284 g/mol. The average Bonchev–Trinajstić information content (AvgIpc) is 2.21. The molecule has 1 amide bonds. The number of phenols is 2. The summed E-state index contributed by atoms with van der Waals surface area (Å²) in [5.74, 6) is -0.994. The van der Waals surface area contributed by atoms with E-state index in [4.69, 9.17) is 0 Å². The lowest BCUT2D eigenvalue weighted by Crippen LogP contribution is -2.50. The predicted octanol–water partition coefficient (Wildman–Crippen LogP) is 0.155. The van der Waals surface area contributed by atoms with E-state index in [1.54, 1.807) is 13.8 Å². The van der Waals surface area contributed by atoms with Crippen molar-refractivity contribution < 1.29 is 23.4 Å². The van der Waals surface area contributed by atoms with Gasteiger partial charge in [0.2, 0.25) is 10.0 Å². The summed E-state index contributed by atoms with van der Waals surface area (Å²) in [5.41, 5.74) is -0.778. The zero-order chi connectivity index (χ0) is 15.6. The molecule has 0 unspecified atom stereocenters. The van der Waals surface area contributed by atoms with Crippen LogP contribution in [0.3, 0.4) is 0 Å². The first-order valence-electron chi connectivity index (χ1n) is 5.79. The number of benzene rings is 1. The highest BCUT2D eigenvalue weighted by atomic mass is 32.2. The summed E-state index contributed by atoms with van der Waals surface area (Å²) in [6.07, 6.45) is 1.03. The van der Waals surface area contributed by atoms with Crippen molar-refractivity contribution in [3.8, 4) is 11.5 Å². The minimum atomic E-state index is -3.39. The molecule has 112 valence electrons. The molecule has 0 aromatic heterocycles. The summed E-state index contributed by atoms with van der Waals surface area (Å²) in [6, 6.07) is 3.50. The molecule has 0 spiro atoms. The molecule has 0 bridgehead atoms. The van der Waals surface area contributed by atoms with Crippen LogP contribution in [0.25, 0.3) is 0 Å². The fraction of sp³-hybridized carbons (Fsp3) is 0.417. The fourth-order valence-electron chi connectivity index (χ4n) is 1.67. The van der Waals surface area contributed by atoms with Crippen molar-refractivity contribution in [1.82, 2.24) is 10.0 Å². The van der Waals surface area contributed by atoms with Gasteiger partial charge in [-0.15, -0.1) is 0 Å². The molecule has 0 fully saturated rings. The van der Waals surface area contributed by atoms with E-state index >= 15 is 0 Å². The Balaban J connectivity index is 2.72. The Hall–Kier alpha value is -1.80. The molecule has 7 nitrogen and oxygen atoms in total. The van der Waals surface area contributed by atoms with Gasteiger partial charge in [-0.2, -0.15) is 0 Å². The lowest BCUT2D eigenvalue weighted by atomic mass is 10.1. The smallest absolute Gasteiger partial charge is 0.251 e. The van der Waals surface area contributed by atoms with E-state index in [1.165, 1.54) is 12.1 Å². The third-order valence-corrected chi connectivity index (χ3v) is 3.24. The Kier molecular flexibility index (Phi) is 4.61. The minimum absolute atomic E-state index is 0.0509. The van der Waals surface area contributed by atoms with Gasteiger partial charge in [-0.1, -0.05) is 0 Å². The Labute approximate surface area is 117 Å². The highest BCUT2D eigenvalue weighted by Crippen LogP contribution is 2.20. The SMILES string of the molecule is CC(C)(CNC(=O)c1cc(O)cc(O)c1)NS(C)(=O)=O. The summed E-state index contributed by atoms with van der Waals surface area (Å²) < 4.78 is 24.7. The average molecular weight is 302 g/mol. The molecule has 0 saturated heterocycles. The quantitative estimate of drug-likeness (QED) is 0.618. The molecule has 1 rings (SSSR count). The highest BCUT2D eigenvalue weighted by Gasteiger charge is 2.23. The maximum Gasteiger partial charge on any atom is 0.251 e. The van der Waals surface area contributed by atoms with Crippen molar-refractivity contribution in [3.05, 3.63) is 23.8 Å². The van der Waals surface area contributed by atoms with Gasteiger partial charge in [0.15, 0.2) is 0 Å². The molecule has 0 atom stereocenters. The van der Waals surface area contributed by atoms with E-state index < -0.39 is 21.5 Å². The lowest BCUT2D eigenvalue weighted by Gasteiger charge is -2.25. The Morgan fingerprint density at radius 2 is 1.70 bits per heavy atom. The third-order valence-electron chi connectivity index (χ3n) is 2.32. The molecule has 0 aliphatic carbocycles. The number of hydrogen-bond donors (Lipinski definition) is 4. The third kappa shape index (κ3) is 5.45. The molecular formula is C12H18N2O5S. The van der Waals surface area contributed by atoms with Gasteiger partial charge in [0.1, 0.15) is 11.5 Å². The topological polar surface area (TPSA) is 116 Å². The second-order valence-corrected chi connectivity index (χ2v) is 6.93. The van der Waals surface area contributed by atoms with Crippen LogP contribution >= 0.6 is 0 Å². The van der Waals surface area contributed by atoms with Crippen LogP contribution in [0.2, 0.25) is 0 Å². The Bertz CT molecular complexity index is 590. The number of phenolic OH excluding ortho intramolecular Hbond substituents is 2. The molecule has 0 saturated carbocycles. The van der Waals surface area contributed by atoms with Crippen molar-refractivity contribution >= 4 is 15.9 Å². The Morgan fingerprint density at radius 3 is 2.15 bits per heavy atom. The number of carbonyl (C=O) groups excluding carboxylic acids is 1. The van der Waals surface area contributed by atoms with Gasteiger partial charge in [0.25, 0.3) is 5.91 Å². The van der Waals surface area contributed by atoms with Crippen molar-refractivity contribution in [2.45, 2.75) is 19.4 Å². The highest BCUT2D eigenvalue weighted by molar-refractivity contribution is 7.88. The van der Waals surface area contributed by atoms with Crippen LogP contribution in [-0.2, 0) is 10.0 Å². The number of aromatic hydroxyl groups is 2. The number of rotatable bonds is 5. The first-order chi connectivity index (χ1) is 8.98. The van der Waals surface area contributed by atoms with Crippen molar-refractivity contribution in [2.75, 3.05) is 12.8 Å². The van der Waals surface area contributed by atoms with E-state index in [1.807, 2.05) is 0 Å².